The second-order valence-corrected chi connectivity index (χ2v) is 4.69. The Hall–Kier alpha value is -2.42. The largest absolute Gasteiger partial charge is 0.493 e. The molecular formula is C12H12BrN5O3. The fourth-order valence-electron chi connectivity index (χ4n) is 1.59. The van der Waals surface area contributed by atoms with Gasteiger partial charge in [-0.2, -0.15) is 15.2 Å². The summed E-state index contributed by atoms with van der Waals surface area (Å²) in [5.74, 6) is 1.35. The molecule has 0 spiro atoms. The lowest BCUT2D eigenvalue weighted by Crippen LogP contribution is -2.13. The van der Waals surface area contributed by atoms with Crippen LogP contribution in [-0.2, 0) is 0 Å². The summed E-state index contributed by atoms with van der Waals surface area (Å²) in [6, 6.07) is 3.60. The highest BCUT2D eigenvalue weighted by atomic mass is 79.9. The molecule has 0 amide bonds. The molecule has 8 nitrogen and oxygen atoms in total. The van der Waals surface area contributed by atoms with Crippen LogP contribution in [0.25, 0.3) is 0 Å². The van der Waals surface area contributed by atoms with Gasteiger partial charge in [0, 0.05) is 10.0 Å². The Morgan fingerprint density at radius 2 is 2.19 bits per heavy atom. The second-order valence-electron chi connectivity index (χ2n) is 3.77. The number of hydrazone groups is 1. The fraction of sp³-hybridized carbons (Fsp3) is 0.167. The van der Waals surface area contributed by atoms with E-state index in [0.717, 1.165) is 4.47 Å². The van der Waals surface area contributed by atoms with Gasteiger partial charge in [0.15, 0.2) is 17.3 Å². The zero-order valence-electron chi connectivity index (χ0n) is 11.3. The van der Waals surface area contributed by atoms with Gasteiger partial charge in [0.25, 0.3) is 0 Å². The van der Waals surface area contributed by atoms with E-state index >= 15 is 0 Å². The topological polar surface area (TPSA) is 101 Å². The van der Waals surface area contributed by atoms with Crippen LogP contribution in [-0.4, -0.2) is 35.6 Å². The molecule has 21 heavy (non-hydrogen) atoms. The lowest BCUT2D eigenvalue weighted by molar-refractivity contribution is 0.354. The Morgan fingerprint density at radius 3 is 2.86 bits per heavy atom. The summed E-state index contributed by atoms with van der Waals surface area (Å²) in [6.45, 7) is 0. The van der Waals surface area contributed by atoms with Crippen LogP contribution in [0.4, 0.5) is 5.82 Å². The van der Waals surface area contributed by atoms with Crippen LogP contribution < -0.4 is 20.6 Å². The predicted molar refractivity (Wildman–Crippen MR) is 81.1 cm³/mol. The quantitative estimate of drug-likeness (QED) is 0.622. The molecule has 0 saturated carbocycles. The summed E-state index contributed by atoms with van der Waals surface area (Å²) < 4.78 is 11.3. The number of rotatable bonds is 5. The molecule has 2 rings (SSSR count). The third-order valence-corrected chi connectivity index (χ3v) is 2.88. The van der Waals surface area contributed by atoms with E-state index < -0.39 is 5.69 Å². The average molecular weight is 354 g/mol. The van der Waals surface area contributed by atoms with Crippen molar-refractivity contribution in [3.63, 3.8) is 0 Å². The molecule has 2 N–H and O–H groups in total. The monoisotopic (exact) mass is 353 g/mol. The van der Waals surface area contributed by atoms with Gasteiger partial charge in [-0.05, 0) is 12.1 Å². The van der Waals surface area contributed by atoms with Crippen molar-refractivity contribution in [2.75, 3.05) is 19.6 Å². The molecule has 9 heteroatoms. The van der Waals surface area contributed by atoms with Gasteiger partial charge >= 0.3 is 5.69 Å². The minimum Gasteiger partial charge on any atom is -0.493 e. The van der Waals surface area contributed by atoms with Gasteiger partial charge in [0.1, 0.15) is 0 Å². The first-order valence-electron chi connectivity index (χ1n) is 5.76. The van der Waals surface area contributed by atoms with Gasteiger partial charge in [-0.15, -0.1) is 0 Å². The number of halogens is 1. The zero-order valence-corrected chi connectivity index (χ0v) is 12.8. The van der Waals surface area contributed by atoms with Gasteiger partial charge in [-0.25, -0.2) is 9.89 Å². The maximum Gasteiger partial charge on any atom is 0.363 e. The van der Waals surface area contributed by atoms with Crippen LogP contribution in [0, 0.1) is 0 Å². The van der Waals surface area contributed by atoms with E-state index in [1.807, 2.05) is 6.07 Å². The van der Waals surface area contributed by atoms with Crippen LogP contribution >= 0.6 is 15.9 Å². The van der Waals surface area contributed by atoms with Gasteiger partial charge in [0.2, 0.25) is 0 Å². The Bertz CT molecular complexity index is 716. The molecule has 0 fully saturated rings. The first kappa shape index (κ1) is 15.0. The van der Waals surface area contributed by atoms with E-state index in [4.69, 9.17) is 9.47 Å². The Labute approximate surface area is 128 Å². The van der Waals surface area contributed by atoms with Crippen molar-refractivity contribution in [2.45, 2.75) is 0 Å². The molecule has 0 bridgehead atoms. The van der Waals surface area contributed by atoms with E-state index in [2.05, 4.69) is 41.6 Å². The number of benzene rings is 1. The van der Waals surface area contributed by atoms with Gasteiger partial charge in [-0.1, -0.05) is 15.9 Å². The van der Waals surface area contributed by atoms with Crippen molar-refractivity contribution in [1.82, 2.24) is 15.2 Å². The maximum atomic E-state index is 11.0. The van der Waals surface area contributed by atoms with Crippen molar-refractivity contribution in [3.8, 4) is 11.5 Å². The lowest BCUT2D eigenvalue weighted by Gasteiger charge is -2.10. The Morgan fingerprint density at radius 1 is 1.38 bits per heavy atom. The van der Waals surface area contributed by atoms with Gasteiger partial charge in [0.05, 0.1) is 26.6 Å². The van der Waals surface area contributed by atoms with Crippen molar-refractivity contribution >= 4 is 28.0 Å². The van der Waals surface area contributed by atoms with Gasteiger partial charge in [-0.3, -0.25) is 5.43 Å². The summed E-state index contributed by atoms with van der Waals surface area (Å²) >= 11 is 3.38. The molecule has 0 aliphatic rings. The summed E-state index contributed by atoms with van der Waals surface area (Å²) in [5, 5.41) is 9.76. The summed E-state index contributed by atoms with van der Waals surface area (Å²) in [6.07, 6.45) is 2.87. The normalized spacial score (nSPS) is 10.6. The Kier molecular flexibility index (Phi) is 4.88. The first-order chi connectivity index (χ1) is 10.1. The van der Waals surface area contributed by atoms with Crippen molar-refractivity contribution < 1.29 is 9.47 Å². The molecule has 0 radical (unpaired) electrons. The number of aromatic nitrogens is 3. The highest BCUT2D eigenvalue weighted by Gasteiger charge is 2.10. The Balaban J connectivity index is 2.24. The molecule has 0 saturated heterocycles. The van der Waals surface area contributed by atoms with Crippen molar-refractivity contribution in [2.24, 2.45) is 5.10 Å². The van der Waals surface area contributed by atoms with E-state index in [1.165, 1.54) is 12.4 Å². The standard InChI is InChI=1S/C12H12BrN5O3/c1-20-9-4-8(13)3-7(11(9)21-2)5-14-17-10-6-15-18-12(19)16-10/h3-6H,1-2H3,(H2,16,17,18,19)/b14-5+. The van der Waals surface area contributed by atoms with Gasteiger partial charge < -0.3 is 9.47 Å². The molecule has 1 heterocycles. The number of ether oxygens (including phenoxy) is 2. The summed E-state index contributed by atoms with van der Waals surface area (Å²) in [7, 11) is 3.09. The maximum absolute atomic E-state index is 11.0. The van der Waals surface area contributed by atoms with Crippen LogP contribution in [0.15, 0.2) is 32.7 Å². The molecule has 0 aliphatic heterocycles. The number of nitrogens with zero attached hydrogens (tertiary/aromatic N) is 3. The minimum atomic E-state index is -0.558. The molecule has 0 atom stereocenters. The second kappa shape index (κ2) is 6.84. The third kappa shape index (κ3) is 3.78. The highest BCUT2D eigenvalue weighted by Crippen LogP contribution is 2.33. The van der Waals surface area contributed by atoms with E-state index in [-0.39, 0.29) is 5.82 Å². The smallest absolute Gasteiger partial charge is 0.363 e. The van der Waals surface area contributed by atoms with Crippen LogP contribution in [0.2, 0.25) is 0 Å². The molecule has 110 valence electrons. The number of aromatic amines is 1. The molecule has 0 unspecified atom stereocenters. The van der Waals surface area contributed by atoms with E-state index in [9.17, 15) is 4.79 Å². The number of H-pyrrole nitrogens is 1. The SMILES string of the molecule is COc1cc(Br)cc(/C=N/Nc2cn[nH]c(=O)n2)c1OC. The zero-order chi connectivity index (χ0) is 15.2. The van der Waals surface area contributed by atoms with Crippen molar-refractivity contribution in [3.05, 3.63) is 38.9 Å². The molecule has 1 aromatic heterocycles. The molecule has 2 aromatic rings. The number of anilines is 1. The molecular weight excluding hydrogens is 342 g/mol. The number of hydrogen-bond acceptors (Lipinski definition) is 7. The van der Waals surface area contributed by atoms with Crippen LogP contribution in [0.5, 0.6) is 11.5 Å². The number of hydrogen-bond donors (Lipinski definition) is 2. The third-order valence-electron chi connectivity index (χ3n) is 2.42. The summed E-state index contributed by atoms with van der Waals surface area (Å²) in [5.41, 5.74) is 2.74. The first-order valence-corrected chi connectivity index (χ1v) is 6.55. The van der Waals surface area contributed by atoms with Crippen molar-refractivity contribution in [1.29, 1.82) is 0 Å². The average Bonchev–Trinajstić information content (AvgIpc) is 2.46. The minimum absolute atomic E-state index is 0.232. The van der Waals surface area contributed by atoms with E-state index in [1.54, 1.807) is 20.3 Å². The fourth-order valence-corrected chi connectivity index (χ4v) is 2.04. The van der Waals surface area contributed by atoms with Crippen LogP contribution in [0.1, 0.15) is 5.56 Å². The number of nitrogens with one attached hydrogen (secondary N) is 2. The number of methoxy groups -OCH3 is 2. The predicted octanol–water partition coefficient (Wildman–Crippen LogP) is 1.39. The van der Waals surface area contributed by atoms with Crippen LogP contribution in [0.3, 0.4) is 0 Å². The summed E-state index contributed by atoms with van der Waals surface area (Å²) in [4.78, 5) is 14.6. The molecule has 1 aromatic carbocycles. The molecule has 0 aliphatic carbocycles. The highest BCUT2D eigenvalue weighted by molar-refractivity contribution is 9.10. The lowest BCUT2D eigenvalue weighted by atomic mass is 10.2. The van der Waals surface area contributed by atoms with E-state index in [0.29, 0.717) is 17.1 Å².